The Kier molecular flexibility index (Phi) is 11.1. The van der Waals surface area contributed by atoms with Crippen LogP contribution in [0.1, 0.15) is 26.7 Å². The van der Waals surface area contributed by atoms with Crippen LogP contribution < -0.4 is 30.3 Å². The summed E-state index contributed by atoms with van der Waals surface area (Å²) in [5, 5.41) is 22.6. The second kappa shape index (κ2) is 15.1. The average Bonchev–Trinajstić information content (AvgIpc) is 3.01. The Morgan fingerprint density at radius 1 is 0.771 bits per heavy atom. The molecule has 2 aromatic carbocycles. The third kappa shape index (κ3) is 8.14. The van der Waals surface area contributed by atoms with Crippen LogP contribution in [0, 0.1) is 0 Å². The number of imide groups is 4. The van der Waals surface area contributed by atoms with Gasteiger partial charge in [0.15, 0.2) is 0 Å². The summed E-state index contributed by atoms with van der Waals surface area (Å²) in [6, 6.07) is 2.15. The summed E-state index contributed by atoms with van der Waals surface area (Å²) < 4.78 is 55.2. The molecule has 0 spiro atoms. The van der Waals surface area contributed by atoms with Gasteiger partial charge >= 0.3 is 12.1 Å². The Morgan fingerprint density at radius 2 is 1.25 bits per heavy atom. The van der Waals surface area contributed by atoms with Gasteiger partial charge in [-0.2, -0.15) is 20.5 Å². The second-order valence-corrected chi connectivity index (χ2v) is 12.6. The lowest BCUT2D eigenvalue weighted by Gasteiger charge is -2.29. The number of benzene rings is 2. The lowest BCUT2D eigenvalue weighted by molar-refractivity contribution is -0.133. The summed E-state index contributed by atoms with van der Waals surface area (Å²) in [7, 11) is -4.31. The number of anilines is 1. The lowest BCUT2D eigenvalue weighted by Crippen LogP contribution is -2.57. The van der Waals surface area contributed by atoms with Gasteiger partial charge in [-0.1, -0.05) is 26.0 Å². The summed E-state index contributed by atoms with van der Waals surface area (Å²) in [6.07, 6.45) is 0.764. The van der Waals surface area contributed by atoms with Crippen LogP contribution >= 0.6 is 0 Å². The number of carbonyl (C=O) groups excluding carboxylic acids is 6. The van der Waals surface area contributed by atoms with Gasteiger partial charge in [-0.15, -0.1) is 0 Å². The topological polar surface area (TPSA) is 290 Å². The monoisotopic (exact) mass is 703 g/mol. The minimum absolute atomic E-state index is 0.00546. The number of sulfonamides is 1. The minimum atomic E-state index is -4.31. The van der Waals surface area contributed by atoms with E-state index >= 15 is 0 Å². The van der Waals surface area contributed by atoms with Crippen molar-refractivity contribution >= 4 is 74.0 Å². The van der Waals surface area contributed by atoms with E-state index in [1.54, 1.807) is 13.8 Å². The Labute approximate surface area is 274 Å². The fraction of sp³-hybridized carbons (Fsp3) is 0.308. The molecule has 0 aromatic heterocycles. The van der Waals surface area contributed by atoms with Crippen molar-refractivity contribution in [3.8, 4) is 11.1 Å². The number of hydrogen-bond donors (Lipinski definition) is 5. The molecule has 0 aliphatic carbocycles. The van der Waals surface area contributed by atoms with Gasteiger partial charge in [-0.3, -0.25) is 44.7 Å². The number of nitrogens with zero attached hydrogens (tertiary/aromatic N) is 5. The van der Waals surface area contributed by atoms with E-state index in [0.29, 0.717) is 12.8 Å². The van der Waals surface area contributed by atoms with Gasteiger partial charge in [-0.25, -0.2) is 22.7 Å². The van der Waals surface area contributed by atoms with Crippen molar-refractivity contribution in [2.45, 2.75) is 43.7 Å². The summed E-state index contributed by atoms with van der Waals surface area (Å²) in [4.78, 5) is 70.6. The van der Waals surface area contributed by atoms with Crippen LogP contribution in [0.4, 0.5) is 26.7 Å². The lowest BCUT2D eigenvalue weighted by atomic mass is 10.0. The summed E-state index contributed by atoms with van der Waals surface area (Å²) >= 11 is -2.88. The molecule has 5 N–H and O–H groups in total. The van der Waals surface area contributed by atoms with Crippen molar-refractivity contribution in [2.75, 3.05) is 17.4 Å². The van der Waals surface area contributed by atoms with Crippen LogP contribution in [0.2, 0.25) is 0 Å². The van der Waals surface area contributed by atoms with Gasteiger partial charge in [0.1, 0.15) is 0 Å². The molecule has 8 amide bonds. The molecule has 1 unspecified atom stereocenters. The van der Waals surface area contributed by atoms with Gasteiger partial charge in [0, 0.05) is 35.5 Å². The van der Waals surface area contributed by atoms with Gasteiger partial charge in [-0.05, 0) is 37.1 Å². The number of nitrogens with one attached hydrogen (secondary N) is 5. The third-order valence-electron chi connectivity index (χ3n) is 6.46. The number of urea groups is 2. The first-order valence-electron chi connectivity index (χ1n) is 14.0. The van der Waals surface area contributed by atoms with Crippen molar-refractivity contribution in [3.05, 3.63) is 36.4 Å². The Bertz CT molecular complexity index is 1840. The third-order valence-corrected chi connectivity index (χ3v) is 8.70. The van der Waals surface area contributed by atoms with Crippen LogP contribution in [0.5, 0.6) is 0 Å². The molecule has 4 rings (SSSR count). The SMILES string of the molecule is CCCNS(=O)(=O)c1cc(N=NC2C(=O)NC(=O)NC2=O)ccc1-c1ccc(N=NC2C(=O)NC(=O)NC2=O)cc1N(CCC)S(=O)[O-]. The quantitative estimate of drug-likeness (QED) is 0.110. The van der Waals surface area contributed by atoms with Crippen LogP contribution in [-0.4, -0.2) is 78.0 Å². The predicted octanol–water partition coefficient (Wildman–Crippen LogP) is 0.689. The van der Waals surface area contributed by atoms with Gasteiger partial charge in [0.25, 0.3) is 23.6 Å². The van der Waals surface area contributed by atoms with E-state index in [1.165, 1.54) is 30.3 Å². The fourth-order valence-electron chi connectivity index (χ4n) is 4.31. The van der Waals surface area contributed by atoms with Crippen LogP contribution in [0.15, 0.2) is 61.8 Å². The zero-order valence-corrected chi connectivity index (χ0v) is 26.7. The molecule has 20 nitrogen and oxygen atoms in total. The highest BCUT2D eigenvalue weighted by molar-refractivity contribution is 7.89. The second-order valence-electron chi connectivity index (χ2n) is 9.95. The number of hydrogen-bond acceptors (Lipinski definition) is 14. The zero-order valence-electron chi connectivity index (χ0n) is 25.1. The van der Waals surface area contributed by atoms with Crippen molar-refractivity contribution in [2.24, 2.45) is 20.5 Å². The molecule has 2 aliphatic heterocycles. The van der Waals surface area contributed by atoms with Gasteiger partial charge < -0.3 is 8.86 Å². The standard InChI is InChI=1S/C26H28N10O10S2/c1-3-9-27-48(45,46)18-12-14(33-35-20-23(39)30-26(42)31-24(20)40)6-8-16(18)15-7-5-13(11-17(15)36(10-4-2)47(43)44)32-34-19-21(37)28-25(41)29-22(19)38/h5-8,11-12,19-20,27H,3-4,9-10H2,1-2H3,(H,43,44)(H2,28,29,37,38,41)(H2,30,31,39,40,42)/p-1. The number of azo groups is 2. The highest BCUT2D eigenvalue weighted by atomic mass is 32.2. The first-order chi connectivity index (χ1) is 22.7. The highest BCUT2D eigenvalue weighted by Gasteiger charge is 2.35. The van der Waals surface area contributed by atoms with Gasteiger partial charge in [0.2, 0.25) is 22.1 Å². The molecule has 1 atom stereocenters. The van der Waals surface area contributed by atoms with Crippen LogP contribution in [-0.2, 0) is 40.5 Å². The van der Waals surface area contributed by atoms with E-state index in [0.717, 1.165) is 10.4 Å². The van der Waals surface area contributed by atoms with E-state index in [-0.39, 0.29) is 46.2 Å². The zero-order chi connectivity index (χ0) is 35.2. The molecule has 22 heteroatoms. The first-order valence-corrected chi connectivity index (χ1v) is 16.5. The Morgan fingerprint density at radius 3 is 1.71 bits per heavy atom. The van der Waals surface area contributed by atoms with Crippen molar-refractivity contribution < 1.29 is 45.9 Å². The van der Waals surface area contributed by atoms with Crippen LogP contribution in [0.25, 0.3) is 11.1 Å². The molecule has 254 valence electrons. The number of rotatable bonds is 13. The highest BCUT2D eigenvalue weighted by Crippen LogP contribution is 2.40. The van der Waals surface area contributed by atoms with Crippen molar-refractivity contribution in [1.29, 1.82) is 0 Å². The number of carbonyl (C=O) groups is 6. The van der Waals surface area contributed by atoms with E-state index in [9.17, 15) is 45.9 Å². The average molecular weight is 704 g/mol. The number of amides is 8. The summed E-state index contributed by atoms with van der Waals surface area (Å²) in [5.41, 5.74) is -0.0864. The molecular weight excluding hydrogens is 676 g/mol. The molecular formula is C26H27N10O10S2-. The van der Waals surface area contributed by atoms with Crippen LogP contribution in [0.3, 0.4) is 0 Å². The molecule has 0 radical (unpaired) electrons. The fourth-order valence-corrected chi connectivity index (χ4v) is 6.32. The molecule has 0 bridgehead atoms. The maximum atomic E-state index is 13.5. The molecule has 2 aromatic rings. The molecule has 2 saturated heterocycles. The number of barbiturate groups is 2. The van der Waals surface area contributed by atoms with Crippen molar-refractivity contribution in [1.82, 2.24) is 26.0 Å². The van der Waals surface area contributed by atoms with E-state index < -0.39 is 69.1 Å². The van der Waals surface area contributed by atoms with Gasteiger partial charge in [0.05, 0.1) is 22.0 Å². The van der Waals surface area contributed by atoms with E-state index in [1.807, 2.05) is 21.3 Å². The maximum absolute atomic E-state index is 13.5. The molecule has 0 saturated carbocycles. The van der Waals surface area contributed by atoms with E-state index in [4.69, 9.17) is 0 Å². The predicted molar refractivity (Wildman–Crippen MR) is 164 cm³/mol. The Hall–Kier alpha value is -5.32. The minimum Gasteiger partial charge on any atom is -0.755 e. The summed E-state index contributed by atoms with van der Waals surface area (Å²) in [6.45, 7) is 3.43. The normalized spacial score (nSPS) is 17.0. The Balaban J connectivity index is 1.84. The molecule has 2 aliphatic rings. The van der Waals surface area contributed by atoms with Crippen molar-refractivity contribution in [3.63, 3.8) is 0 Å². The molecule has 2 fully saturated rings. The smallest absolute Gasteiger partial charge is 0.328 e. The summed E-state index contributed by atoms with van der Waals surface area (Å²) in [5.74, 6) is -4.13. The molecule has 48 heavy (non-hydrogen) atoms. The largest absolute Gasteiger partial charge is 0.755 e. The maximum Gasteiger partial charge on any atom is 0.328 e. The molecule has 2 heterocycles. The van der Waals surface area contributed by atoms with E-state index in [2.05, 4.69) is 25.2 Å². The first kappa shape index (κ1) is 35.5.